The Morgan fingerprint density at radius 2 is 1.71 bits per heavy atom. The summed E-state index contributed by atoms with van der Waals surface area (Å²) in [5.74, 6) is 1.61. The molecule has 2 atom stereocenters. The van der Waals surface area contributed by atoms with Gasteiger partial charge in [0.1, 0.15) is 5.54 Å². The van der Waals surface area contributed by atoms with Crippen LogP contribution >= 0.6 is 11.8 Å². The largest absolute Gasteiger partial charge is 0.465 e. The molecule has 0 amide bonds. The summed E-state index contributed by atoms with van der Waals surface area (Å²) in [5.41, 5.74) is 2.07. The molecule has 1 heterocycles. The third-order valence-corrected chi connectivity index (χ3v) is 5.50. The maximum absolute atomic E-state index is 12.5. The van der Waals surface area contributed by atoms with Gasteiger partial charge in [-0.3, -0.25) is 4.90 Å². The predicted octanol–water partition coefficient (Wildman–Crippen LogP) is 3.74. The number of carbonyl (C=O) groups excluding carboxylic acids is 1. The molecule has 1 aliphatic heterocycles. The van der Waals surface area contributed by atoms with E-state index in [4.69, 9.17) is 4.74 Å². The van der Waals surface area contributed by atoms with Crippen molar-refractivity contribution in [1.82, 2.24) is 4.90 Å². The molecule has 24 heavy (non-hydrogen) atoms. The fraction of sp³-hybridized carbons (Fsp3) is 0.350. The molecule has 4 heteroatoms. The monoisotopic (exact) mass is 341 g/mol. The molecule has 0 spiro atoms. The minimum Gasteiger partial charge on any atom is -0.465 e. The first-order valence-electron chi connectivity index (χ1n) is 8.32. The van der Waals surface area contributed by atoms with Gasteiger partial charge in [0.2, 0.25) is 0 Å². The van der Waals surface area contributed by atoms with E-state index in [0.29, 0.717) is 6.61 Å². The van der Waals surface area contributed by atoms with Crippen LogP contribution in [0.2, 0.25) is 0 Å². The SMILES string of the molecule is CCOC(=O)C1(CSCc2ccccc2)CN1Cc1ccccc1. The van der Waals surface area contributed by atoms with E-state index in [1.807, 2.05) is 31.2 Å². The number of hydrogen-bond acceptors (Lipinski definition) is 4. The number of esters is 1. The van der Waals surface area contributed by atoms with Gasteiger partial charge < -0.3 is 4.74 Å². The summed E-state index contributed by atoms with van der Waals surface area (Å²) < 4.78 is 5.35. The molecule has 1 saturated heterocycles. The second kappa shape index (κ2) is 7.86. The van der Waals surface area contributed by atoms with Gasteiger partial charge in [0.05, 0.1) is 6.61 Å². The standard InChI is InChI=1S/C20H23NO2S/c1-2-23-19(22)20(16-24-14-18-11-7-4-8-12-18)15-21(20)13-17-9-5-3-6-10-17/h3-12H,2,13-16H2,1H3. The van der Waals surface area contributed by atoms with Crippen molar-refractivity contribution >= 4 is 17.7 Å². The van der Waals surface area contributed by atoms with Crippen molar-refractivity contribution in [3.8, 4) is 0 Å². The van der Waals surface area contributed by atoms with Gasteiger partial charge in [-0.15, -0.1) is 0 Å². The molecule has 0 N–H and O–H groups in total. The lowest BCUT2D eigenvalue weighted by Gasteiger charge is -2.16. The maximum atomic E-state index is 12.5. The van der Waals surface area contributed by atoms with Crippen LogP contribution < -0.4 is 0 Å². The Balaban J connectivity index is 1.61. The highest BCUT2D eigenvalue weighted by Gasteiger charge is 2.58. The van der Waals surface area contributed by atoms with Gasteiger partial charge >= 0.3 is 5.97 Å². The van der Waals surface area contributed by atoms with Gasteiger partial charge in [0, 0.05) is 24.6 Å². The number of ether oxygens (including phenoxy) is 1. The Bertz CT molecular complexity index is 662. The molecule has 2 unspecified atom stereocenters. The fourth-order valence-corrected chi connectivity index (χ4v) is 4.12. The van der Waals surface area contributed by atoms with Crippen molar-refractivity contribution in [3.63, 3.8) is 0 Å². The van der Waals surface area contributed by atoms with E-state index >= 15 is 0 Å². The first kappa shape index (κ1) is 17.1. The number of nitrogens with zero attached hydrogens (tertiary/aromatic N) is 1. The van der Waals surface area contributed by atoms with Crippen LogP contribution in [-0.2, 0) is 21.8 Å². The number of carbonyl (C=O) groups is 1. The highest BCUT2D eigenvalue weighted by molar-refractivity contribution is 7.98. The van der Waals surface area contributed by atoms with Crippen molar-refractivity contribution in [1.29, 1.82) is 0 Å². The van der Waals surface area contributed by atoms with Crippen LogP contribution in [-0.4, -0.2) is 35.3 Å². The molecule has 2 aromatic rings. The Hall–Kier alpha value is -1.78. The average molecular weight is 341 g/mol. The minimum atomic E-state index is -0.453. The summed E-state index contributed by atoms with van der Waals surface area (Å²) in [7, 11) is 0. The van der Waals surface area contributed by atoms with Crippen molar-refractivity contribution < 1.29 is 9.53 Å². The van der Waals surface area contributed by atoms with E-state index in [9.17, 15) is 4.79 Å². The minimum absolute atomic E-state index is 0.0820. The first-order chi connectivity index (χ1) is 11.7. The Labute approximate surface area is 148 Å². The normalized spacial score (nSPS) is 22.1. The number of hydrogen-bond donors (Lipinski definition) is 0. The van der Waals surface area contributed by atoms with Gasteiger partial charge in [-0.2, -0.15) is 11.8 Å². The highest BCUT2D eigenvalue weighted by Crippen LogP contribution is 2.39. The van der Waals surface area contributed by atoms with Gasteiger partial charge in [-0.1, -0.05) is 60.7 Å². The third kappa shape index (κ3) is 4.00. The lowest BCUT2D eigenvalue weighted by molar-refractivity contribution is -0.146. The van der Waals surface area contributed by atoms with E-state index in [2.05, 4.69) is 41.3 Å². The molecule has 126 valence electrons. The van der Waals surface area contributed by atoms with Crippen LogP contribution in [0, 0.1) is 0 Å². The third-order valence-electron chi connectivity index (χ3n) is 4.28. The van der Waals surface area contributed by atoms with Gasteiger partial charge in [0.15, 0.2) is 0 Å². The van der Waals surface area contributed by atoms with Crippen molar-refractivity contribution in [2.24, 2.45) is 0 Å². The summed E-state index contributed by atoms with van der Waals surface area (Å²) in [5, 5.41) is 0. The lowest BCUT2D eigenvalue weighted by Crippen LogP contribution is -2.34. The molecule has 3 nitrogen and oxygen atoms in total. The van der Waals surface area contributed by atoms with Gasteiger partial charge in [-0.25, -0.2) is 4.79 Å². The smallest absolute Gasteiger partial charge is 0.328 e. The fourth-order valence-electron chi connectivity index (χ4n) is 2.86. The predicted molar refractivity (Wildman–Crippen MR) is 98.8 cm³/mol. The summed E-state index contributed by atoms with van der Waals surface area (Å²) >= 11 is 1.80. The molecule has 0 radical (unpaired) electrons. The molecule has 1 fully saturated rings. The maximum Gasteiger partial charge on any atom is 0.328 e. The van der Waals surface area contributed by atoms with Crippen LogP contribution in [0.4, 0.5) is 0 Å². The van der Waals surface area contributed by atoms with Crippen LogP contribution in [0.1, 0.15) is 18.1 Å². The molecule has 0 aromatic heterocycles. The quantitative estimate of drug-likeness (QED) is 0.540. The van der Waals surface area contributed by atoms with E-state index in [1.165, 1.54) is 11.1 Å². The van der Waals surface area contributed by atoms with Crippen LogP contribution in [0.25, 0.3) is 0 Å². The van der Waals surface area contributed by atoms with E-state index in [-0.39, 0.29) is 5.97 Å². The topological polar surface area (TPSA) is 29.3 Å². The molecule has 0 aliphatic carbocycles. The summed E-state index contributed by atoms with van der Waals surface area (Å²) in [4.78, 5) is 14.7. The Kier molecular flexibility index (Phi) is 5.59. The zero-order valence-electron chi connectivity index (χ0n) is 14.0. The van der Waals surface area contributed by atoms with Crippen LogP contribution in [0.15, 0.2) is 60.7 Å². The zero-order valence-corrected chi connectivity index (χ0v) is 14.8. The second-order valence-electron chi connectivity index (χ2n) is 6.07. The molecular weight excluding hydrogens is 318 g/mol. The molecule has 3 rings (SSSR count). The van der Waals surface area contributed by atoms with Gasteiger partial charge in [-0.05, 0) is 18.1 Å². The summed E-state index contributed by atoms with van der Waals surface area (Å²) in [6.07, 6.45) is 0. The summed E-state index contributed by atoms with van der Waals surface area (Å²) in [6.45, 7) is 3.88. The average Bonchev–Trinajstić information content (AvgIpc) is 3.31. The van der Waals surface area contributed by atoms with Crippen LogP contribution in [0.3, 0.4) is 0 Å². The molecule has 1 aliphatic rings. The Morgan fingerprint density at radius 1 is 1.08 bits per heavy atom. The molecule has 0 saturated carbocycles. The number of thioether (sulfide) groups is 1. The number of rotatable bonds is 8. The Morgan fingerprint density at radius 3 is 2.33 bits per heavy atom. The summed E-state index contributed by atoms with van der Waals surface area (Å²) in [6, 6.07) is 20.7. The van der Waals surface area contributed by atoms with Crippen molar-refractivity contribution in [2.45, 2.75) is 24.8 Å². The first-order valence-corrected chi connectivity index (χ1v) is 9.48. The van der Waals surface area contributed by atoms with Crippen molar-refractivity contribution in [2.75, 3.05) is 18.9 Å². The highest BCUT2D eigenvalue weighted by atomic mass is 32.2. The van der Waals surface area contributed by atoms with Crippen molar-refractivity contribution in [3.05, 3.63) is 71.8 Å². The molecule has 2 aromatic carbocycles. The lowest BCUT2D eigenvalue weighted by atomic mass is 10.2. The molecule has 0 bridgehead atoms. The van der Waals surface area contributed by atoms with Crippen LogP contribution in [0.5, 0.6) is 0 Å². The molecular formula is C20H23NO2S. The van der Waals surface area contributed by atoms with E-state index in [0.717, 1.165) is 24.6 Å². The zero-order chi connectivity index (χ0) is 16.8. The van der Waals surface area contributed by atoms with E-state index < -0.39 is 5.54 Å². The van der Waals surface area contributed by atoms with E-state index in [1.54, 1.807) is 11.8 Å². The second-order valence-corrected chi connectivity index (χ2v) is 7.06. The van der Waals surface area contributed by atoms with Gasteiger partial charge in [0.25, 0.3) is 0 Å². The number of benzene rings is 2.